The minimum Gasteiger partial charge on any atom is -0.392 e. The van der Waals surface area contributed by atoms with Crippen molar-refractivity contribution in [3.8, 4) is 0 Å². The largest absolute Gasteiger partial charge is 0.392 e. The third kappa shape index (κ3) is 3.09. The number of benzene rings is 2. The average Bonchev–Trinajstić information content (AvgIpc) is 2.43. The Hall–Kier alpha value is -1.63. The molecule has 0 radical (unpaired) electrons. The molecule has 4 nitrogen and oxygen atoms in total. The summed E-state index contributed by atoms with van der Waals surface area (Å²) >= 11 is 5.77. The molecule has 2 rings (SSSR count). The molecule has 0 aliphatic heterocycles. The molecule has 2 N–H and O–H groups in total. The first-order chi connectivity index (χ1) is 9.44. The van der Waals surface area contributed by atoms with Crippen molar-refractivity contribution in [2.75, 3.05) is 4.72 Å². The maximum Gasteiger partial charge on any atom is 0.262 e. The molecule has 7 heteroatoms. The molecule has 0 fully saturated rings. The summed E-state index contributed by atoms with van der Waals surface area (Å²) in [5, 5.41) is 8.88. The standard InChI is InChI=1S/C13H11ClFNO3S/c14-11-2-1-3-12(15)13(11)16-20(18,19)10-6-4-9(8-17)5-7-10/h1-7,16-17H,8H2. The minimum atomic E-state index is -3.94. The molecule has 0 heterocycles. The van der Waals surface area contributed by atoms with E-state index in [1.807, 2.05) is 0 Å². The first kappa shape index (κ1) is 14.8. The molecule has 0 amide bonds. The van der Waals surface area contributed by atoms with Crippen LogP contribution in [0.3, 0.4) is 0 Å². The number of hydrogen-bond acceptors (Lipinski definition) is 3. The van der Waals surface area contributed by atoms with Crippen LogP contribution in [-0.2, 0) is 16.6 Å². The van der Waals surface area contributed by atoms with Gasteiger partial charge in [0.1, 0.15) is 11.5 Å². The molecule has 0 aliphatic rings. The molecular weight excluding hydrogens is 305 g/mol. The van der Waals surface area contributed by atoms with E-state index in [-0.39, 0.29) is 22.2 Å². The van der Waals surface area contributed by atoms with Gasteiger partial charge in [-0.3, -0.25) is 4.72 Å². The fourth-order valence-corrected chi connectivity index (χ4v) is 2.92. The van der Waals surface area contributed by atoms with Gasteiger partial charge >= 0.3 is 0 Å². The molecule has 0 aromatic heterocycles. The van der Waals surface area contributed by atoms with Crippen LogP contribution in [0.4, 0.5) is 10.1 Å². The van der Waals surface area contributed by atoms with Crippen molar-refractivity contribution in [3.05, 3.63) is 58.9 Å². The lowest BCUT2D eigenvalue weighted by Crippen LogP contribution is -2.14. The van der Waals surface area contributed by atoms with Gasteiger partial charge in [0.25, 0.3) is 10.0 Å². The number of rotatable bonds is 4. The zero-order valence-electron chi connectivity index (χ0n) is 10.2. The molecule has 2 aromatic carbocycles. The zero-order valence-corrected chi connectivity index (χ0v) is 11.7. The quantitative estimate of drug-likeness (QED) is 0.911. The van der Waals surface area contributed by atoms with E-state index in [1.165, 1.54) is 36.4 Å². The van der Waals surface area contributed by atoms with Gasteiger partial charge in [0.15, 0.2) is 0 Å². The summed E-state index contributed by atoms with van der Waals surface area (Å²) in [6.07, 6.45) is 0. The van der Waals surface area contributed by atoms with Gasteiger partial charge in [-0.05, 0) is 29.8 Å². The number of halogens is 2. The Kier molecular flexibility index (Phi) is 4.27. The lowest BCUT2D eigenvalue weighted by atomic mass is 10.2. The molecule has 0 aliphatic carbocycles. The molecule has 0 spiro atoms. The summed E-state index contributed by atoms with van der Waals surface area (Å²) in [7, 11) is -3.94. The number of nitrogens with one attached hydrogen (secondary N) is 1. The number of para-hydroxylation sites is 1. The smallest absolute Gasteiger partial charge is 0.262 e. The van der Waals surface area contributed by atoms with Gasteiger partial charge in [-0.2, -0.15) is 0 Å². The van der Waals surface area contributed by atoms with Crippen LogP contribution in [0.25, 0.3) is 0 Å². The van der Waals surface area contributed by atoms with E-state index in [0.717, 1.165) is 6.07 Å². The van der Waals surface area contributed by atoms with Crippen LogP contribution in [-0.4, -0.2) is 13.5 Å². The average molecular weight is 316 g/mol. The van der Waals surface area contributed by atoms with Crippen LogP contribution in [0.5, 0.6) is 0 Å². The Labute approximate surface area is 120 Å². The summed E-state index contributed by atoms with van der Waals surface area (Å²) in [4.78, 5) is -0.0472. The first-order valence-corrected chi connectivity index (χ1v) is 7.47. The Balaban J connectivity index is 2.35. The number of aliphatic hydroxyl groups is 1. The second-order valence-electron chi connectivity index (χ2n) is 4.00. The number of sulfonamides is 1. The van der Waals surface area contributed by atoms with Gasteiger partial charge in [-0.1, -0.05) is 29.8 Å². The molecule has 0 atom stereocenters. The predicted molar refractivity (Wildman–Crippen MR) is 74.6 cm³/mol. The van der Waals surface area contributed by atoms with E-state index in [2.05, 4.69) is 4.72 Å². The maximum atomic E-state index is 13.6. The lowest BCUT2D eigenvalue weighted by molar-refractivity contribution is 0.282. The van der Waals surface area contributed by atoms with Crippen LogP contribution in [0.2, 0.25) is 5.02 Å². The van der Waals surface area contributed by atoms with Crippen LogP contribution in [0.15, 0.2) is 47.4 Å². The van der Waals surface area contributed by atoms with E-state index in [9.17, 15) is 12.8 Å². The van der Waals surface area contributed by atoms with E-state index < -0.39 is 15.8 Å². The third-order valence-corrected chi connectivity index (χ3v) is 4.30. The Morgan fingerprint density at radius 2 is 1.80 bits per heavy atom. The normalized spacial score (nSPS) is 11.3. The zero-order chi connectivity index (χ0) is 14.8. The fraction of sp³-hybridized carbons (Fsp3) is 0.0769. The SMILES string of the molecule is O=S(=O)(Nc1c(F)cccc1Cl)c1ccc(CO)cc1. The van der Waals surface area contributed by atoms with Gasteiger partial charge in [-0.15, -0.1) is 0 Å². The highest BCUT2D eigenvalue weighted by Gasteiger charge is 2.18. The van der Waals surface area contributed by atoms with E-state index in [0.29, 0.717) is 5.56 Å². The molecule has 106 valence electrons. The summed E-state index contributed by atoms with van der Waals surface area (Å²) in [6.45, 7) is -0.188. The van der Waals surface area contributed by atoms with Crippen molar-refractivity contribution >= 4 is 27.3 Å². The summed E-state index contributed by atoms with van der Waals surface area (Å²) < 4.78 is 39.9. The highest BCUT2D eigenvalue weighted by molar-refractivity contribution is 7.92. The van der Waals surface area contributed by atoms with E-state index >= 15 is 0 Å². The Morgan fingerprint density at radius 3 is 2.35 bits per heavy atom. The topological polar surface area (TPSA) is 66.4 Å². The number of anilines is 1. The monoisotopic (exact) mass is 315 g/mol. The second kappa shape index (κ2) is 5.78. The van der Waals surface area contributed by atoms with Crippen LogP contribution in [0, 0.1) is 5.82 Å². The van der Waals surface area contributed by atoms with Crippen molar-refractivity contribution in [1.82, 2.24) is 0 Å². The van der Waals surface area contributed by atoms with Crippen LogP contribution >= 0.6 is 11.6 Å². The second-order valence-corrected chi connectivity index (χ2v) is 6.09. The molecule has 0 saturated carbocycles. The fourth-order valence-electron chi connectivity index (χ4n) is 1.56. The van der Waals surface area contributed by atoms with Crippen molar-refractivity contribution < 1.29 is 17.9 Å². The van der Waals surface area contributed by atoms with E-state index in [4.69, 9.17) is 16.7 Å². The van der Waals surface area contributed by atoms with Gasteiger partial charge in [0.05, 0.1) is 16.5 Å². The molecule has 0 saturated heterocycles. The highest BCUT2D eigenvalue weighted by Crippen LogP contribution is 2.27. The maximum absolute atomic E-state index is 13.6. The van der Waals surface area contributed by atoms with Crippen LogP contribution in [0.1, 0.15) is 5.56 Å². The van der Waals surface area contributed by atoms with Gasteiger partial charge in [0.2, 0.25) is 0 Å². The Bertz CT molecular complexity index is 697. The van der Waals surface area contributed by atoms with Gasteiger partial charge in [0, 0.05) is 0 Å². The van der Waals surface area contributed by atoms with Crippen molar-refractivity contribution in [3.63, 3.8) is 0 Å². The highest BCUT2D eigenvalue weighted by atomic mass is 35.5. The van der Waals surface area contributed by atoms with Crippen molar-refractivity contribution in [2.24, 2.45) is 0 Å². The number of aliphatic hydroxyl groups excluding tert-OH is 1. The van der Waals surface area contributed by atoms with Crippen molar-refractivity contribution in [2.45, 2.75) is 11.5 Å². The molecule has 20 heavy (non-hydrogen) atoms. The summed E-state index contributed by atoms with van der Waals surface area (Å²) in [5.74, 6) is -0.756. The molecular formula is C13H11ClFNO3S. The van der Waals surface area contributed by atoms with Gasteiger partial charge in [-0.25, -0.2) is 12.8 Å². The number of hydrogen-bond donors (Lipinski definition) is 2. The van der Waals surface area contributed by atoms with E-state index in [1.54, 1.807) is 0 Å². The minimum absolute atomic E-state index is 0.0273. The van der Waals surface area contributed by atoms with Crippen LogP contribution < -0.4 is 4.72 Å². The predicted octanol–water partition coefficient (Wildman–Crippen LogP) is 2.77. The van der Waals surface area contributed by atoms with Gasteiger partial charge < -0.3 is 5.11 Å². The molecule has 0 unspecified atom stereocenters. The summed E-state index contributed by atoms with van der Waals surface area (Å²) in [5.41, 5.74) is 0.285. The Morgan fingerprint density at radius 1 is 1.15 bits per heavy atom. The molecule has 2 aromatic rings. The summed E-state index contributed by atoms with van der Waals surface area (Å²) in [6, 6.07) is 9.46. The lowest BCUT2D eigenvalue weighted by Gasteiger charge is -2.10. The third-order valence-electron chi connectivity index (χ3n) is 2.62. The first-order valence-electron chi connectivity index (χ1n) is 5.60. The molecule has 0 bridgehead atoms. The van der Waals surface area contributed by atoms with Crippen molar-refractivity contribution in [1.29, 1.82) is 0 Å².